The number of nitrogens with one attached hydrogen (secondary N) is 1. The first-order chi connectivity index (χ1) is 12.5. The summed E-state index contributed by atoms with van der Waals surface area (Å²) in [6.07, 6.45) is 2.53. The van der Waals surface area contributed by atoms with Gasteiger partial charge in [-0.3, -0.25) is 9.78 Å². The molecule has 0 radical (unpaired) electrons. The topological polar surface area (TPSA) is 110 Å². The summed E-state index contributed by atoms with van der Waals surface area (Å²) in [7, 11) is 1.51. The molecule has 0 amide bonds. The second-order valence-electron chi connectivity index (χ2n) is 5.12. The van der Waals surface area contributed by atoms with Gasteiger partial charge < -0.3 is 9.84 Å². The number of halogens is 1. The van der Waals surface area contributed by atoms with Crippen LogP contribution in [0.2, 0.25) is 5.02 Å². The Kier molecular flexibility index (Phi) is 4.85. The summed E-state index contributed by atoms with van der Waals surface area (Å²) >= 11 is 5.75. The first-order valence-corrected chi connectivity index (χ1v) is 7.76. The minimum absolute atomic E-state index is 0.183. The highest BCUT2D eigenvalue weighted by Gasteiger charge is 2.14. The Balaban J connectivity index is 2.07. The molecule has 2 aromatic heterocycles. The molecule has 8 nitrogen and oxygen atoms in total. The molecule has 3 aromatic rings. The van der Waals surface area contributed by atoms with Crippen LogP contribution in [-0.4, -0.2) is 33.0 Å². The molecule has 0 aliphatic carbocycles. The summed E-state index contributed by atoms with van der Waals surface area (Å²) in [5.41, 5.74) is -1.38. The van der Waals surface area contributed by atoms with E-state index in [1.54, 1.807) is 36.4 Å². The molecule has 2 heterocycles. The van der Waals surface area contributed by atoms with Gasteiger partial charge in [-0.15, -0.1) is 0 Å². The fourth-order valence-corrected chi connectivity index (χ4v) is 2.31. The third kappa shape index (κ3) is 3.50. The number of ether oxygens (including phenoxy) is 1. The fourth-order valence-electron chi connectivity index (χ4n) is 2.20. The highest BCUT2D eigenvalue weighted by atomic mass is 35.5. The number of hydrogen-bond acceptors (Lipinski definition) is 6. The molecule has 132 valence electrons. The minimum atomic E-state index is -0.778. The van der Waals surface area contributed by atoms with Gasteiger partial charge in [0.1, 0.15) is 11.3 Å². The number of pyridine rings is 1. The molecule has 9 heteroatoms. The van der Waals surface area contributed by atoms with E-state index in [9.17, 15) is 14.7 Å². The van der Waals surface area contributed by atoms with Crippen LogP contribution in [0, 0.1) is 0 Å². The Morgan fingerprint density at radius 1 is 1.23 bits per heavy atom. The van der Waals surface area contributed by atoms with Crippen molar-refractivity contribution in [1.29, 1.82) is 0 Å². The van der Waals surface area contributed by atoms with Crippen molar-refractivity contribution >= 4 is 23.6 Å². The van der Waals surface area contributed by atoms with Crippen molar-refractivity contribution in [3.8, 4) is 17.3 Å². The number of aliphatic imine (C=N–C) groups is 1. The van der Waals surface area contributed by atoms with Crippen molar-refractivity contribution in [2.24, 2.45) is 4.99 Å². The average molecular weight is 373 g/mol. The zero-order chi connectivity index (χ0) is 18.7. The van der Waals surface area contributed by atoms with Crippen LogP contribution in [0.25, 0.3) is 5.69 Å². The quantitative estimate of drug-likeness (QED) is 0.681. The standard InChI is InChI=1S/C17H13ClN4O4/c1-26-12-5-3-11(4-6-12)22-16(24)13(15(23)21-17(22)25)9-20-14-7-2-10(18)8-19-14/h2-9,24H,1H3,(H,21,23,25). The zero-order valence-electron chi connectivity index (χ0n) is 13.5. The van der Waals surface area contributed by atoms with Crippen molar-refractivity contribution < 1.29 is 9.84 Å². The van der Waals surface area contributed by atoms with Gasteiger partial charge in [0.05, 0.1) is 17.8 Å². The normalized spacial score (nSPS) is 11.0. The third-order valence-electron chi connectivity index (χ3n) is 3.49. The first-order valence-electron chi connectivity index (χ1n) is 7.38. The Labute approximate surface area is 152 Å². The van der Waals surface area contributed by atoms with E-state index in [-0.39, 0.29) is 11.4 Å². The van der Waals surface area contributed by atoms with E-state index >= 15 is 0 Å². The maximum atomic E-state index is 12.1. The van der Waals surface area contributed by atoms with Crippen LogP contribution in [0.3, 0.4) is 0 Å². The van der Waals surface area contributed by atoms with Crippen LogP contribution in [0.1, 0.15) is 5.56 Å². The summed E-state index contributed by atoms with van der Waals surface area (Å²) in [5, 5.41) is 10.9. The molecule has 0 spiro atoms. The van der Waals surface area contributed by atoms with E-state index in [1.165, 1.54) is 13.3 Å². The molecule has 0 bridgehead atoms. The van der Waals surface area contributed by atoms with Crippen molar-refractivity contribution in [2.75, 3.05) is 7.11 Å². The summed E-state index contributed by atoms with van der Waals surface area (Å²) in [6.45, 7) is 0. The molecule has 26 heavy (non-hydrogen) atoms. The summed E-state index contributed by atoms with van der Waals surface area (Å²) in [5.74, 6) is 0.332. The zero-order valence-corrected chi connectivity index (χ0v) is 14.3. The van der Waals surface area contributed by atoms with E-state index in [0.717, 1.165) is 10.8 Å². The van der Waals surface area contributed by atoms with Gasteiger partial charge in [-0.2, -0.15) is 0 Å². The van der Waals surface area contributed by atoms with Crippen LogP contribution >= 0.6 is 11.6 Å². The molecule has 0 aliphatic rings. The smallest absolute Gasteiger partial charge is 0.335 e. The molecule has 2 N–H and O–H groups in total. The van der Waals surface area contributed by atoms with E-state index in [0.29, 0.717) is 16.5 Å². The predicted octanol–water partition coefficient (Wildman–Crippen LogP) is 2.04. The van der Waals surface area contributed by atoms with Crippen molar-refractivity contribution in [2.45, 2.75) is 0 Å². The lowest BCUT2D eigenvalue weighted by molar-refractivity contribution is 0.414. The van der Waals surface area contributed by atoms with Crippen LogP contribution in [-0.2, 0) is 0 Å². The van der Waals surface area contributed by atoms with E-state index < -0.39 is 17.1 Å². The van der Waals surface area contributed by atoms with Crippen LogP contribution in [0.4, 0.5) is 5.82 Å². The van der Waals surface area contributed by atoms with Gasteiger partial charge in [-0.05, 0) is 36.4 Å². The van der Waals surface area contributed by atoms with Gasteiger partial charge in [-0.1, -0.05) is 11.6 Å². The third-order valence-corrected chi connectivity index (χ3v) is 3.71. The first kappa shape index (κ1) is 17.4. The lowest BCUT2D eigenvalue weighted by atomic mass is 10.2. The highest BCUT2D eigenvalue weighted by molar-refractivity contribution is 6.30. The monoisotopic (exact) mass is 372 g/mol. The summed E-state index contributed by atoms with van der Waals surface area (Å²) < 4.78 is 6.01. The molecule has 3 rings (SSSR count). The number of hydrogen-bond donors (Lipinski definition) is 2. The maximum Gasteiger partial charge on any atom is 0.335 e. The van der Waals surface area contributed by atoms with Crippen LogP contribution in [0.15, 0.2) is 57.2 Å². The number of H-pyrrole nitrogens is 1. The molecule has 0 atom stereocenters. The number of rotatable bonds is 4. The van der Waals surface area contributed by atoms with Gasteiger partial charge in [0.2, 0.25) is 5.88 Å². The average Bonchev–Trinajstić information content (AvgIpc) is 2.63. The Morgan fingerprint density at radius 2 is 1.96 bits per heavy atom. The maximum absolute atomic E-state index is 12.1. The minimum Gasteiger partial charge on any atom is -0.497 e. The Bertz CT molecular complexity index is 1070. The molecule has 0 fully saturated rings. The summed E-state index contributed by atoms with van der Waals surface area (Å²) in [6, 6.07) is 9.52. The molecule has 0 aliphatic heterocycles. The van der Waals surface area contributed by atoms with Crippen LogP contribution in [0.5, 0.6) is 11.6 Å². The molecular weight excluding hydrogens is 360 g/mol. The fraction of sp³-hybridized carbons (Fsp3) is 0.0588. The Morgan fingerprint density at radius 3 is 2.58 bits per heavy atom. The van der Waals surface area contributed by atoms with Crippen molar-refractivity contribution in [1.82, 2.24) is 14.5 Å². The largest absolute Gasteiger partial charge is 0.497 e. The second kappa shape index (κ2) is 7.24. The van der Waals surface area contributed by atoms with Gasteiger partial charge in [-0.25, -0.2) is 19.3 Å². The van der Waals surface area contributed by atoms with Crippen molar-refractivity contribution in [3.63, 3.8) is 0 Å². The van der Waals surface area contributed by atoms with E-state index in [2.05, 4.69) is 15.0 Å². The van der Waals surface area contributed by atoms with Gasteiger partial charge in [0.15, 0.2) is 5.82 Å². The number of aromatic amines is 1. The molecule has 0 unspecified atom stereocenters. The lowest BCUT2D eigenvalue weighted by Gasteiger charge is -2.10. The number of nitrogens with zero attached hydrogens (tertiary/aromatic N) is 3. The number of aromatic nitrogens is 3. The molecule has 1 aromatic carbocycles. The van der Waals surface area contributed by atoms with Gasteiger partial charge >= 0.3 is 5.69 Å². The molecule has 0 saturated carbocycles. The van der Waals surface area contributed by atoms with Crippen LogP contribution < -0.4 is 16.0 Å². The number of methoxy groups -OCH3 is 1. The van der Waals surface area contributed by atoms with E-state index in [4.69, 9.17) is 16.3 Å². The number of benzene rings is 1. The summed E-state index contributed by atoms with van der Waals surface area (Å²) in [4.78, 5) is 34.3. The second-order valence-corrected chi connectivity index (χ2v) is 5.56. The predicted molar refractivity (Wildman–Crippen MR) is 97.4 cm³/mol. The SMILES string of the molecule is COc1ccc(-n2c(O)c(C=Nc3ccc(Cl)cn3)c(=O)[nH]c2=O)cc1. The Hall–Kier alpha value is -3.39. The highest BCUT2D eigenvalue weighted by Crippen LogP contribution is 2.19. The van der Waals surface area contributed by atoms with E-state index in [1.807, 2.05) is 0 Å². The number of aromatic hydroxyl groups is 1. The van der Waals surface area contributed by atoms with Crippen molar-refractivity contribution in [3.05, 3.63) is 74.0 Å². The van der Waals surface area contributed by atoms with Gasteiger partial charge in [0.25, 0.3) is 5.56 Å². The lowest BCUT2D eigenvalue weighted by Crippen LogP contribution is -2.31. The molecular formula is C17H13ClN4O4. The van der Waals surface area contributed by atoms with Gasteiger partial charge in [0, 0.05) is 12.4 Å². The molecule has 0 saturated heterocycles.